The molecule has 0 saturated carbocycles. The minimum Gasteiger partial charge on any atom is -0.234 e. The van der Waals surface area contributed by atoms with E-state index in [1.54, 1.807) is 0 Å². The highest BCUT2D eigenvalue weighted by atomic mass is 32.3. The first-order valence-electron chi connectivity index (χ1n) is 3.98. The van der Waals surface area contributed by atoms with Crippen molar-refractivity contribution in [1.82, 2.24) is 4.98 Å². The molecule has 0 N–H and O–H groups in total. The number of aromatic nitrogens is 1. The van der Waals surface area contributed by atoms with Gasteiger partial charge in [0.15, 0.2) is 5.03 Å². The molecule has 78 valence electrons. The number of hydrogen-bond acceptors (Lipinski definition) is 3. The summed E-state index contributed by atoms with van der Waals surface area (Å²) in [4.78, 5) is 3.50. The van der Waals surface area contributed by atoms with Crippen LogP contribution in [-0.2, 0) is 10.2 Å². The standard InChI is InChI=1S/C9H5F2NO2S/c10-7-3-1-6-2-4-9(15(11,13)14)12-8(6)5-7/h1-5H. The van der Waals surface area contributed by atoms with E-state index in [9.17, 15) is 16.7 Å². The largest absolute Gasteiger partial charge is 0.349 e. The average molecular weight is 229 g/mol. The third kappa shape index (κ3) is 1.94. The smallest absolute Gasteiger partial charge is 0.234 e. The molecule has 0 fully saturated rings. The normalized spacial score (nSPS) is 11.9. The Bertz CT molecular complexity index is 625. The van der Waals surface area contributed by atoms with Gasteiger partial charge in [-0.05, 0) is 24.3 Å². The third-order valence-corrected chi connectivity index (χ3v) is 2.61. The van der Waals surface area contributed by atoms with Crippen LogP contribution in [0.4, 0.5) is 8.28 Å². The number of benzene rings is 1. The summed E-state index contributed by atoms with van der Waals surface area (Å²) in [6, 6.07) is 6.10. The zero-order chi connectivity index (χ0) is 11.1. The monoisotopic (exact) mass is 229 g/mol. The van der Waals surface area contributed by atoms with Crippen molar-refractivity contribution in [2.24, 2.45) is 0 Å². The molecule has 0 aliphatic carbocycles. The van der Waals surface area contributed by atoms with Crippen LogP contribution in [0.5, 0.6) is 0 Å². The second-order valence-corrected chi connectivity index (χ2v) is 4.22. The quantitative estimate of drug-likeness (QED) is 0.703. The first-order chi connectivity index (χ1) is 6.97. The number of rotatable bonds is 1. The minimum absolute atomic E-state index is 0.105. The lowest BCUT2D eigenvalue weighted by Gasteiger charge is -1.98. The van der Waals surface area contributed by atoms with Crippen molar-refractivity contribution in [1.29, 1.82) is 0 Å². The molecule has 0 atom stereocenters. The van der Waals surface area contributed by atoms with Crippen LogP contribution in [0.1, 0.15) is 0 Å². The van der Waals surface area contributed by atoms with Crippen molar-refractivity contribution >= 4 is 21.1 Å². The van der Waals surface area contributed by atoms with Gasteiger partial charge in [0.05, 0.1) is 5.52 Å². The Balaban J connectivity index is 2.75. The molecule has 0 aliphatic heterocycles. The molecule has 0 saturated heterocycles. The maximum atomic E-state index is 12.8. The van der Waals surface area contributed by atoms with Crippen LogP contribution in [0.2, 0.25) is 0 Å². The van der Waals surface area contributed by atoms with E-state index in [2.05, 4.69) is 4.98 Å². The van der Waals surface area contributed by atoms with Gasteiger partial charge in [-0.3, -0.25) is 0 Å². The Morgan fingerprint density at radius 3 is 2.47 bits per heavy atom. The highest BCUT2D eigenvalue weighted by Crippen LogP contribution is 2.17. The highest BCUT2D eigenvalue weighted by molar-refractivity contribution is 7.86. The summed E-state index contributed by atoms with van der Waals surface area (Å²) in [5.41, 5.74) is 0.105. The fourth-order valence-electron chi connectivity index (χ4n) is 1.21. The van der Waals surface area contributed by atoms with E-state index in [-0.39, 0.29) is 5.52 Å². The summed E-state index contributed by atoms with van der Waals surface area (Å²) in [5.74, 6) is -0.552. The van der Waals surface area contributed by atoms with Crippen molar-refractivity contribution in [3.8, 4) is 0 Å². The van der Waals surface area contributed by atoms with Gasteiger partial charge in [-0.2, -0.15) is 8.42 Å². The molecule has 0 unspecified atom stereocenters. The number of fused-ring (bicyclic) bond motifs is 1. The zero-order valence-corrected chi connectivity index (χ0v) is 8.13. The van der Waals surface area contributed by atoms with Crippen molar-refractivity contribution in [3.05, 3.63) is 36.1 Å². The maximum absolute atomic E-state index is 12.8. The molecule has 15 heavy (non-hydrogen) atoms. The number of pyridine rings is 1. The first-order valence-corrected chi connectivity index (χ1v) is 5.36. The Labute approximate surface area is 84.6 Å². The molecule has 6 heteroatoms. The van der Waals surface area contributed by atoms with Crippen LogP contribution in [0.3, 0.4) is 0 Å². The van der Waals surface area contributed by atoms with Gasteiger partial charge in [-0.25, -0.2) is 9.37 Å². The highest BCUT2D eigenvalue weighted by Gasteiger charge is 2.13. The van der Waals surface area contributed by atoms with Crippen molar-refractivity contribution < 1.29 is 16.7 Å². The molecule has 2 aromatic rings. The van der Waals surface area contributed by atoms with Crippen molar-refractivity contribution in [2.75, 3.05) is 0 Å². The summed E-state index contributed by atoms with van der Waals surface area (Å²) >= 11 is 0. The predicted molar refractivity (Wildman–Crippen MR) is 50.0 cm³/mol. The van der Waals surface area contributed by atoms with Crippen molar-refractivity contribution in [3.63, 3.8) is 0 Å². The van der Waals surface area contributed by atoms with E-state index in [1.165, 1.54) is 18.2 Å². The fourth-order valence-corrected chi connectivity index (χ4v) is 1.65. The summed E-state index contributed by atoms with van der Waals surface area (Å²) in [6.45, 7) is 0. The zero-order valence-electron chi connectivity index (χ0n) is 7.31. The Hall–Kier alpha value is -1.56. The summed E-state index contributed by atoms with van der Waals surface area (Å²) in [7, 11) is -4.84. The van der Waals surface area contributed by atoms with Gasteiger partial charge >= 0.3 is 10.2 Å². The predicted octanol–water partition coefficient (Wildman–Crippen LogP) is 2.03. The second kappa shape index (κ2) is 3.23. The molecule has 1 heterocycles. The fraction of sp³-hybridized carbons (Fsp3) is 0. The van der Waals surface area contributed by atoms with E-state index >= 15 is 0 Å². The lowest BCUT2D eigenvalue weighted by molar-refractivity contribution is 0.548. The summed E-state index contributed by atoms with van der Waals surface area (Å²) in [5, 5.41) is -0.163. The van der Waals surface area contributed by atoms with Crippen LogP contribution in [0, 0.1) is 5.82 Å². The van der Waals surface area contributed by atoms with E-state index in [0.29, 0.717) is 5.39 Å². The van der Waals surface area contributed by atoms with Crippen LogP contribution < -0.4 is 0 Å². The van der Waals surface area contributed by atoms with Gasteiger partial charge in [0.1, 0.15) is 5.82 Å². The Morgan fingerprint density at radius 1 is 1.13 bits per heavy atom. The van der Waals surface area contributed by atoms with Gasteiger partial charge in [-0.1, -0.05) is 3.89 Å². The first kappa shape index (κ1) is 9.97. The molecule has 1 aromatic heterocycles. The van der Waals surface area contributed by atoms with Gasteiger partial charge < -0.3 is 0 Å². The topological polar surface area (TPSA) is 47.0 Å². The van der Waals surface area contributed by atoms with Crippen molar-refractivity contribution in [2.45, 2.75) is 5.03 Å². The molecule has 0 spiro atoms. The van der Waals surface area contributed by atoms with Gasteiger partial charge in [0.2, 0.25) is 0 Å². The number of halogens is 2. The number of nitrogens with zero attached hydrogens (tertiary/aromatic N) is 1. The minimum atomic E-state index is -4.84. The molecule has 0 amide bonds. The molecule has 2 rings (SSSR count). The molecule has 1 aromatic carbocycles. The van der Waals surface area contributed by atoms with Crippen LogP contribution in [0.25, 0.3) is 10.9 Å². The molecular weight excluding hydrogens is 224 g/mol. The maximum Gasteiger partial charge on any atom is 0.349 e. The molecule has 0 radical (unpaired) electrons. The molecule has 0 aliphatic rings. The lowest BCUT2D eigenvalue weighted by atomic mass is 10.2. The van der Waals surface area contributed by atoms with E-state index in [0.717, 1.165) is 12.1 Å². The Morgan fingerprint density at radius 2 is 1.80 bits per heavy atom. The van der Waals surface area contributed by atoms with E-state index in [1.807, 2.05) is 0 Å². The number of hydrogen-bond donors (Lipinski definition) is 0. The molecule has 0 bridgehead atoms. The van der Waals surface area contributed by atoms with Crippen LogP contribution in [0.15, 0.2) is 35.4 Å². The Kier molecular flexibility index (Phi) is 2.15. The van der Waals surface area contributed by atoms with Gasteiger partial charge in [-0.15, -0.1) is 0 Å². The van der Waals surface area contributed by atoms with Crippen LogP contribution >= 0.6 is 0 Å². The van der Waals surface area contributed by atoms with Crippen LogP contribution in [-0.4, -0.2) is 13.4 Å². The second-order valence-electron chi connectivity index (χ2n) is 2.92. The van der Waals surface area contributed by atoms with Gasteiger partial charge in [0, 0.05) is 11.5 Å². The SMILES string of the molecule is O=S(=O)(F)c1ccc2ccc(F)cc2n1. The van der Waals surface area contributed by atoms with Gasteiger partial charge in [0.25, 0.3) is 0 Å². The van der Waals surface area contributed by atoms with E-state index in [4.69, 9.17) is 0 Å². The summed E-state index contributed by atoms with van der Waals surface area (Å²) < 4.78 is 46.4. The third-order valence-electron chi connectivity index (χ3n) is 1.88. The molecule has 3 nitrogen and oxygen atoms in total. The molecular formula is C9H5F2NO2S. The van der Waals surface area contributed by atoms with E-state index < -0.39 is 21.1 Å². The summed E-state index contributed by atoms with van der Waals surface area (Å²) in [6.07, 6.45) is 0. The lowest BCUT2D eigenvalue weighted by Crippen LogP contribution is -1.96. The average Bonchev–Trinajstić information content (AvgIpc) is 2.15.